The fourth-order valence-electron chi connectivity index (χ4n) is 3.48. The van der Waals surface area contributed by atoms with Gasteiger partial charge >= 0.3 is 0 Å². The monoisotopic (exact) mass is 514 g/mol. The maximum absolute atomic E-state index is 12.7. The second-order valence-corrected chi connectivity index (χ2v) is 10.4. The fraction of sp³-hybridized carbons (Fsp3) is 0.111. The number of benzene rings is 3. The van der Waals surface area contributed by atoms with Crippen LogP contribution in [0, 0.1) is 0 Å². The van der Waals surface area contributed by atoms with Gasteiger partial charge in [-0.15, -0.1) is 0 Å². The standard InChI is InChI=1S/C27H26N6O3S/c1-18(32-33-22-11-13-23(14-12-22)37(2,35)36)25-26(28)29-17-24(31-25)20-9-6-10-21(15-20)27(34)30-16-19-7-4-3-5-8-19/h3-15,17,33H,16H2,1-2H3,(H2,28,29)(H,30,34). The van der Waals surface area contributed by atoms with Crippen LogP contribution in [0.1, 0.15) is 28.5 Å². The van der Waals surface area contributed by atoms with Crippen molar-refractivity contribution >= 4 is 33.0 Å². The first kappa shape index (κ1) is 25.5. The van der Waals surface area contributed by atoms with E-state index in [1.54, 1.807) is 43.5 Å². The molecule has 188 valence electrons. The van der Waals surface area contributed by atoms with Gasteiger partial charge in [0.1, 0.15) is 5.69 Å². The summed E-state index contributed by atoms with van der Waals surface area (Å²) in [5.74, 6) is 0.00847. The third kappa shape index (κ3) is 6.56. The highest BCUT2D eigenvalue weighted by Gasteiger charge is 2.12. The van der Waals surface area contributed by atoms with Crippen LogP contribution in [-0.2, 0) is 16.4 Å². The first-order chi connectivity index (χ1) is 17.7. The maximum atomic E-state index is 12.7. The van der Waals surface area contributed by atoms with Crippen LogP contribution in [-0.4, -0.2) is 36.3 Å². The molecule has 0 atom stereocenters. The summed E-state index contributed by atoms with van der Waals surface area (Å²) in [5, 5.41) is 7.24. The molecule has 4 aromatic rings. The van der Waals surface area contributed by atoms with Gasteiger partial charge in [-0.25, -0.2) is 18.4 Å². The number of carbonyl (C=O) groups excluding carboxylic acids is 1. The molecular formula is C27H26N6O3S. The van der Waals surface area contributed by atoms with Crippen molar-refractivity contribution < 1.29 is 13.2 Å². The number of hydrogen-bond acceptors (Lipinski definition) is 8. The number of sulfone groups is 1. The van der Waals surface area contributed by atoms with Crippen molar-refractivity contribution in [1.82, 2.24) is 15.3 Å². The highest BCUT2D eigenvalue weighted by atomic mass is 32.2. The summed E-state index contributed by atoms with van der Waals surface area (Å²) >= 11 is 0. The normalized spacial score (nSPS) is 11.7. The molecule has 0 aliphatic rings. The molecule has 0 unspecified atom stereocenters. The minimum Gasteiger partial charge on any atom is -0.382 e. The van der Waals surface area contributed by atoms with Crippen LogP contribution in [0.15, 0.2) is 95.1 Å². The van der Waals surface area contributed by atoms with Gasteiger partial charge in [0.25, 0.3) is 5.91 Å². The number of amides is 1. The molecule has 0 bridgehead atoms. The zero-order valence-corrected chi connectivity index (χ0v) is 21.2. The first-order valence-corrected chi connectivity index (χ1v) is 13.3. The summed E-state index contributed by atoms with van der Waals surface area (Å²) in [6, 6.07) is 23.0. The Hall–Kier alpha value is -4.57. The lowest BCUT2D eigenvalue weighted by Gasteiger charge is -2.10. The van der Waals surface area contributed by atoms with E-state index in [0.717, 1.165) is 11.8 Å². The van der Waals surface area contributed by atoms with Crippen molar-refractivity contribution in [2.45, 2.75) is 18.4 Å². The second kappa shape index (κ2) is 11.0. The number of anilines is 2. The topological polar surface area (TPSA) is 139 Å². The molecule has 1 amide bonds. The Labute approximate surface area is 215 Å². The van der Waals surface area contributed by atoms with Gasteiger partial charge < -0.3 is 11.1 Å². The van der Waals surface area contributed by atoms with E-state index in [9.17, 15) is 13.2 Å². The van der Waals surface area contributed by atoms with Gasteiger partial charge in [0.2, 0.25) is 0 Å². The Kier molecular flexibility index (Phi) is 7.59. The molecule has 0 aliphatic heterocycles. The van der Waals surface area contributed by atoms with E-state index in [1.807, 2.05) is 36.4 Å². The quantitative estimate of drug-likeness (QED) is 0.239. The summed E-state index contributed by atoms with van der Waals surface area (Å²) in [6.07, 6.45) is 2.70. The lowest BCUT2D eigenvalue weighted by Crippen LogP contribution is -2.22. The Morgan fingerprint density at radius 2 is 1.73 bits per heavy atom. The molecule has 0 aliphatic carbocycles. The van der Waals surface area contributed by atoms with E-state index in [0.29, 0.717) is 40.5 Å². The van der Waals surface area contributed by atoms with Crippen LogP contribution >= 0.6 is 0 Å². The van der Waals surface area contributed by atoms with E-state index >= 15 is 0 Å². The van der Waals surface area contributed by atoms with Crippen LogP contribution in [0.2, 0.25) is 0 Å². The number of aromatic nitrogens is 2. The Morgan fingerprint density at radius 1 is 1.00 bits per heavy atom. The van der Waals surface area contributed by atoms with Crippen molar-refractivity contribution in [2.24, 2.45) is 5.10 Å². The summed E-state index contributed by atoms with van der Waals surface area (Å²) in [4.78, 5) is 21.8. The number of nitrogens with two attached hydrogens (primary N) is 1. The van der Waals surface area contributed by atoms with Gasteiger partial charge in [0.15, 0.2) is 15.7 Å². The first-order valence-electron chi connectivity index (χ1n) is 11.4. The third-order valence-corrected chi connectivity index (χ3v) is 6.62. The van der Waals surface area contributed by atoms with Gasteiger partial charge in [-0.3, -0.25) is 10.2 Å². The van der Waals surface area contributed by atoms with Gasteiger partial charge in [-0.1, -0.05) is 42.5 Å². The molecule has 37 heavy (non-hydrogen) atoms. The summed E-state index contributed by atoms with van der Waals surface area (Å²) in [7, 11) is -3.28. The van der Waals surface area contributed by atoms with Crippen LogP contribution in [0.3, 0.4) is 0 Å². The van der Waals surface area contributed by atoms with E-state index in [4.69, 9.17) is 5.73 Å². The smallest absolute Gasteiger partial charge is 0.251 e. The van der Waals surface area contributed by atoms with Gasteiger partial charge in [-0.05, 0) is 48.9 Å². The lowest BCUT2D eigenvalue weighted by molar-refractivity contribution is 0.0951. The molecule has 0 saturated heterocycles. The molecule has 0 radical (unpaired) electrons. The van der Waals surface area contributed by atoms with Crippen LogP contribution < -0.4 is 16.5 Å². The van der Waals surface area contributed by atoms with Crippen molar-refractivity contribution in [1.29, 1.82) is 0 Å². The second-order valence-electron chi connectivity index (χ2n) is 8.34. The van der Waals surface area contributed by atoms with E-state index in [1.165, 1.54) is 12.1 Å². The zero-order chi connectivity index (χ0) is 26.4. The molecule has 4 rings (SSSR count). The number of nitrogens with zero attached hydrogens (tertiary/aromatic N) is 3. The maximum Gasteiger partial charge on any atom is 0.251 e. The Morgan fingerprint density at radius 3 is 2.43 bits per heavy atom. The number of nitrogens with one attached hydrogen (secondary N) is 2. The summed E-state index contributed by atoms with van der Waals surface area (Å²) < 4.78 is 23.3. The zero-order valence-electron chi connectivity index (χ0n) is 20.3. The molecule has 0 spiro atoms. The Balaban J connectivity index is 1.51. The highest BCUT2D eigenvalue weighted by Crippen LogP contribution is 2.21. The molecule has 9 nitrogen and oxygen atoms in total. The van der Waals surface area contributed by atoms with Crippen LogP contribution in [0.25, 0.3) is 11.3 Å². The molecule has 10 heteroatoms. The molecule has 1 heterocycles. The minimum absolute atomic E-state index is 0.196. The number of carbonyl (C=O) groups is 1. The van der Waals surface area contributed by atoms with Crippen LogP contribution in [0.4, 0.5) is 11.5 Å². The molecule has 0 fully saturated rings. The average molecular weight is 515 g/mol. The van der Waals surface area contributed by atoms with Crippen molar-refractivity contribution in [3.63, 3.8) is 0 Å². The van der Waals surface area contributed by atoms with Gasteiger partial charge in [-0.2, -0.15) is 5.10 Å². The summed E-state index contributed by atoms with van der Waals surface area (Å²) in [6.45, 7) is 2.16. The lowest BCUT2D eigenvalue weighted by atomic mass is 10.1. The molecule has 4 N–H and O–H groups in total. The van der Waals surface area contributed by atoms with Gasteiger partial charge in [0.05, 0.1) is 28.2 Å². The summed E-state index contributed by atoms with van der Waals surface area (Å²) in [5.41, 5.74) is 13.2. The van der Waals surface area contributed by atoms with E-state index in [2.05, 4.69) is 25.8 Å². The van der Waals surface area contributed by atoms with Crippen LogP contribution in [0.5, 0.6) is 0 Å². The highest BCUT2D eigenvalue weighted by molar-refractivity contribution is 7.90. The average Bonchev–Trinajstić information content (AvgIpc) is 2.91. The fourth-order valence-corrected chi connectivity index (χ4v) is 4.11. The Bertz CT molecular complexity index is 1550. The van der Waals surface area contributed by atoms with E-state index in [-0.39, 0.29) is 16.6 Å². The van der Waals surface area contributed by atoms with Crippen molar-refractivity contribution in [3.8, 4) is 11.3 Å². The van der Waals surface area contributed by atoms with Crippen molar-refractivity contribution in [3.05, 3.63) is 102 Å². The number of rotatable bonds is 8. The largest absolute Gasteiger partial charge is 0.382 e. The molecule has 3 aromatic carbocycles. The predicted molar refractivity (Wildman–Crippen MR) is 145 cm³/mol. The third-order valence-electron chi connectivity index (χ3n) is 5.50. The number of hydrogen-bond donors (Lipinski definition) is 3. The molecular weight excluding hydrogens is 488 g/mol. The number of hydrazone groups is 1. The SMILES string of the molecule is CC(=NNc1ccc(S(C)(=O)=O)cc1)c1nc(-c2cccc(C(=O)NCc3ccccc3)c2)cnc1N. The predicted octanol–water partition coefficient (Wildman–Crippen LogP) is 3.90. The van der Waals surface area contributed by atoms with Crippen molar-refractivity contribution in [2.75, 3.05) is 17.4 Å². The number of nitrogen functional groups attached to an aromatic ring is 1. The van der Waals surface area contributed by atoms with E-state index < -0.39 is 9.84 Å². The van der Waals surface area contributed by atoms with Gasteiger partial charge in [0, 0.05) is 23.9 Å². The molecule has 1 aromatic heterocycles. The molecule has 0 saturated carbocycles. The minimum atomic E-state index is -3.28.